The number of hydrogen-bond acceptors (Lipinski definition) is 5. The third-order valence-electron chi connectivity index (χ3n) is 8.46. The van der Waals surface area contributed by atoms with Gasteiger partial charge in [-0.2, -0.15) is 8.78 Å². The van der Waals surface area contributed by atoms with Gasteiger partial charge in [-0.3, -0.25) is 9.59 Å². The van der Waals surface area contributed by atoms with Crippen LogP contribution in [-0.2, 0) is 5.41 Å². The van der Waals surface area contributed by atoms with Gasteiger partial charge in [0.2, 0.25) is 0 Å². The number of anilines is 1. The van der Waals surface area contributed by atoms with Crippen molar-refractivity contribution in [3.05, 3.63) is 108 Å². The minimum Gasteiger partial charge on any atom is -0.433 e. The number of H-pyrrole nitrogens is 1. The van der Waals surface area contributed by atoms with E-state index in [4.69, 9.17) is 0 Å². The number of ether oxygens (including phenoxy) is 1. The topological polar surface area (TPSA) is 91.4 Å². The Labute approximate surface area is 245 Å². The monoisotopic (exact) mass is 579 g/mol. The van der Waals surface area contributed by atoms with E-state index in [0.717, 1.165) is 39.9 Å². The van der Waals surface area contributed by atoms with Gasteiger partial charge < -0.3 is 19.5 Å². The van der Waals surface area contributed by atoms with Crippen LogP contribution in [0.3, 0.4) is 0 Å². The highest BCUT2D eigenvalue weighted by atomic mass is 19.3. The number of nitrogens with one attached hydrogen (secondary N) is 1. The summed E-state index contributed by atoms with van der Waals surface area (Å²) in [5, 5.41) is 0. The number of rotatable bonds is 5. The molecule has 8 nitrogen and oxygen atoms in total. The Balaban J connectivity index is 1.05. The summed E-state index contributed by atoms with van der Waals surface area (Å²) in [6.07, 6.45) is 2.53. The minimum atomic E-state index is -2.96. The molecule has 0 saturated carbocycles. The number of aromatic amines is 1. The third kappa shape index (κ3) is 4.88. The molecule has 216 valence electrons. The van der Waals surface area contributed by atoms with E-state index in [9.17, 15) is 18.4 Å². The first kappa shape index (κ1) is 26.8. The maximum absolute atomic E-state index is 13.5. The van der Waals surface area contributed by atoms with Crippen LogP contribution in [0.5, 0.6) is 5.75 Å². The number of hydrogen-bond donors (Lipinski definition) is 1. The van der Waals surface area contributed by atoms with Crippen LogP contribution < -0.4 is 9.64 Å². The Morgan fingerprint density at radius 2 is 1.63 bits per heavy atom. The number of halogens is 2. The number of piperidine rings is 1. The summed E-state index contributed by atoms with van der Waals surface area (Å²) in [5.74, 6) is 0.314. The Bertz CT molecular complexity index is 1780. The van der Waals surface area contributed by atoms with E-state index >= 15 is 0 Å². The highest BCUT2D eigenvalue weighted by Gasteiger charge is 2.47. The van der Waals surface area contributed by atoms with E-state index in [2.05, 4.69) is 19.7 Å². The van der Waals surface area contributed by atoms with Gasteiger partial charge in [0, 0.05) is 41.9 Å². The van der Waals surface area contributed by atoms with Crippen LogP contribution in [0.15, 0.2) is 91.1 Å². The van der Waals surface area contributed by atoms with Gasteiger partial charge in [-0.05, 0) is 60.9 Å². The molecule has 1 N–H and O–H groups in total. The number of pyridine rings is 1. The Morgan fingerprint density at radius 1 is 0.884 bits per heavy atom. The second-order valence-corrected chi connectivity index (χ2v) is 10.9. The molecule has 0 radical (unpaired) electrons. The molecule has 2 aliphatic heterocycles. The molecule has 3 aromatic carbocycles. The summed E-state index contributed by atoms with van der Waals surface area (Å²) in [4.78, 5) is 42.6. The Kier molecular flexibility index (Phi) is 6.61. The van der Waals surface area contributed by atoms with Crippen LogP contribution in [0.25, 0.3) is 22.4 Å². The summed E-state index contributed by atoms with van der Waals surface area (Å²) in [7, 11) is 0. The highest BCUT2D eigenvalue weighted by molar-refractivity contribution is 6.06. The van der Waals surface area contributed by atoms with Crippen molar-refractivity contribution >= 4 is 28.5 Å². The van der Waals surface area contributed by atoms with Crippen molar-refractivity contribution in [1.82, 2.24) is 19.9 Å². The fraction of sp³-hybridized carbons (Fsp3) is 0.212. The molecule has 1 spiro atoms. The maximum atomic E-state index is 13.5. The number of carbonyl (C=O) groups excluding carboxylic acids is 2. The fourth-order valence-electron chi connectivity index (χ4n) is 6.24. The lowest BCUT2D eigenvalue weighted by Gasteiger charge is -2.40. The van der Waals surface area contributed by atoms with Crippen LogP contribution in [0.2, 0.25) is 0 Å². The third-order valence-corrected chi connectivity index (χ3v) is 8.46. The number of para-hydroxylation sites is 3. The SMILES string of the molecule is O=C(c1ccc(-c2nc3ccccc3[nH]2)cc1)N1CCC2(CC1)CN(C(=O)c1ccc(OC(F)F)cn1)c1ccccc12. The molecule has 2 aromatic heterocycles. The molecule has 2 aliphatic rings. The average Bonchev–Trinajstić information content (AvgIpc) is 3.61. The lowest BCUT2D eigenvalue weighted by Crippen LogP contribution is -2.47. The fourth-order valence-corrected chi connectivity index (χ4v) is 6.24. The van der Waals surface area contributed by atoms with E-state index in [1.165, 1.54) is 12.1 Å². The highest BCUT2D eigenvalue weighted by Crippen LogP contribution is 2.47. The van der Waals surface area contributed by atoms with Crippen molar-refractivity contribution in [2.24, 2.45) is 0 Å². The van der Waals surface area contributed by atoms with Gasteiger partial charge in [0.25, 0.3) is 11.8 Å². The Morgan fingerprint density at radius 3 is 2.35 bits per heavy atom. The molecule has 7 rings (SSSR count). The lowest BCUT2D eigenvalue weighted by atomic mass is 9.74. The predicted octanol–water partition coefficient (Wildman–Crippen LogP) is 6.06. The molecule has 1 saturated heterocycles. The minimum absolute atomic E-state index is 0.0273. The standard InChI is InChI=1S/C33H27F2N5O3/c34-32(35)43-23-13-14-27(36-19-23)31(42)40-20-33(24-5-1-4-8-28(24)40)15-17-39(18-16-33)30(41)22-11-9-21(10-12-22)29-37-25-6-2-3-7-26(25)38-29/h1-14,19,32H,15-18,20H2,(H,37,38). The molecule has 10 heteroatoms. The number of nitrogens with zero attached hydrogens (tertiary/aromatic N) is 4. The molecule has 0 atom stereocenters. The molecule has 0 unspecified atom stereocenters. The Hall–Kier alpha value is -5.12. The molecule has 0 aliphatic carbocycles. The second kappa shape index (κ2) is 10.6. The van der Waals surface area contributed by atoms with Crippen LogP contribution in [0.1, 0.15) is 39.3 Å². The van der Waals surface area contributed by atoms with Crippen LogP contribution in [0, 0.1) is 0 Å². The number of aromatic nitrogens is 3. The molecule has 1 fully saturated rings. The van der Waals surface area contributed by atoms with Crippen molar-refractivity contribution in [3.8, 4) is 17.1 Å². The van der Waals surface area contributed by atoms with Crippen molar-refractivity contribution in [2.45, 2.75) is 24.9 Å². The number of amides is 2. The smallest absolute Gasteiger partial charge is 0.387 e. The van der Waals surface area contributed by atoms with Gasteiger partial charge in [0.05, 0.1) is 17.2 Å². The van der Waals surface area contributed by atoms with Crippen LogP contribution in [0.4, 0.5) is 14.5 Å². The van der Waals surface area contributed by atoms with E-state index in [1.54, 1.807) is 4.90 Å². The van der Waals surface area contributed by atoms with Crippen LogP contribution in [-0.4, -0.2) is 57.9 Å². The summed E-state index contributed by atoms with van der Waals surface area (Å²) >= 11 is 0. The van der Waals surface area contributed by atoms with E-state index in [0.29, 0.717) is 38.0 Å². The van der Waals surface area contributed by atoms with Crippen molar-refractivity contribution in [1.29, 1.82) is 0 Å². The number of likely N-dealkylation sites (tertiary alicyclic amines) is 1. The van der Waals surface area contributed by atoms with Gasteiger partial charge in [-0.15, -0.1) is 0 Å². The van der Waals surface area contributed by atoms with Gasteiger partial charge >= 0.3 is 6.61 Å². The first-order valence-corrected chi connectivity index (χ1v) is 14.1. The molecule has 2 amide bonds. The second-order valence-electron chi connectivity index (χ2n) is 10.9. The van der Waals surface area contributed by atoms with E-state index < -0.39 is 6.61 Å². The van der Waals surface area contributed by atoms with Gasteiger partial charge in [0.1, 0.15) is 17.3 Å². The maximum Gasteiger partial charge on any atom is 0.387 e. The summed E-state index contributed by atoms with van der Waals surface area (Å²) in [5.41, 5.74) is 5.10. The molecule has 43 heavy (non-hydrogen) atoms. The lowest BCUT2D eigenvalue weighted by molar-refractivity contribution is -0.0500. The summed E-state index contributed by atoms with van der Waals surface area (Å²) in [6.45, 7) is -1.40. The summed E-state index contributed by atoms with van der Waals surface area (Å²) in [6, 6.07) is 25.9. The van der Waals surface area contributed by atoms with Crippen LogP contribution >= 0.6 is 0 Å². The van der Waals surface area contributed by atoms with Crippen molar-refractivity contribution in [2.75, 3.05) is 24.5 Å². The summed E-state index contributed by atoms with van der Waals surface area (Å²) < 4.78 is 29.4. The number of alkyl halides is 2. The van der Waals surface area contributed by atoms with E-state index in [-0.39, 0.29) is 28.7 Å². The van der Waals surface area contributed by atoms with Crippen molar-refractivity contribution < 1.29 is 23.1 Å². The normalized spacial score (nSPS) is 15.7. The molecule has 4 heterocycles. The van der Waals surface area contributed by atoms with Gasteiger partial charge in [0.15, 0.2) is 0 Å². The average molecular weight is 580 g/mol. The van der Waals surface area contributed by atoms with Gasteiger partial charge in [-0.25, -0.2) is 9.97 Å². The number of benzene rings is 3. The zero-order valence-electron chi connectivity index (χ0n) is 23.0. The zero-order valence-corrected chi connectivity index (χ0v) is 23.0. The molecule has 5 aromatic rings. The number of imidazole rings is 1. The first-order chi connectivity index (χ1) is 20.9. The first-order valence-electron chi connectivity index (χ1n) is 14.1. The predicted molar refractivity (Wildman–Crippen MR) is 157 cm³/mol. The van der Waals surface area contributed by atoms with Gasteiger partial charge in [-0.1, -0.05) is 42.5 Å². The largest absolute Gasteiger partial charge is 0.433 e. The van der Waals surface area contributed by atoms with Crippen molar-refractivity contribution in [3.63, 3.8) is 0 Å². The molecular weight excluding hydrogens is 552 g/mol. The quantitative estimate of drug-likeness (QED) is 0.273. The zero-order chi connectivity index (χ0) is 29.6. The van der Waals surface area contributed by atoms with E-state index in [1.807, 2.05) is 77.7 Å². The number of carbonyl (C=O) groups is 2. The molecular formula is C33H27F2N5O3. The number of fused-ring (bicyclic) bond motifs is 3. The molecule has 0 bridgehead atoms.